The van der Waals surface area contributed by atoms with Crippen LogP contribution in [-0.4, -0.2) is 60.4 Å². The van der Waals surface area contributed by atoms with E-state index in [0.717, 1.165) is 0 Å². The Labute approximate surface area is 123 Å². The zero-order valence-corrected chi connectivity index (χ0v) is 12.1. The summed E-state index contributed by atoms with van der Waals surface area (Å²) in [7, 11) is -1.97. The van der Waals surface area contributed by atoms with Crippen molar-refractivity contribution in [1.29, 1.82) is 0 Å². The topological polar surface area (TPSA) is 144 Å². The smallest absolute Gasteiger partial charge is 0.355 e. The monoisotopic (exact) mass is 319 g/mol. The molecular formula is C12H17NO7S. The maximum absolute atomic E-state index is 12.3. The van der Waals surface area contributed by atoms with Gasteiger partial charge in [-0.2, -0.15) is 0 Å². The van der Waals surface area contributed by atoms with Crippen molar-refractivity contribution < 1.29 is 34.2 Å². The van der Waals surface area contributed by atoms with Crippen LogP contribution in [0, 0.1) is 5.92 Å². The SMILES string of the molecule is C[C@@H](O)[C@@H](C(=O)O)[C@H]1N=C(C(=O)O)/C(=C/CCCO)S1=O. The van der Waals surface area contributed by atoms with Crippen molar-refractivity contribution >= 4 is 28.4 Å². The molecule has 0 saturated carbocycles. The van der Waals surface area contributed by atoms with Crippen molar-refractivity contribution in [3.8, 4) is 0 Å². The normalized spacial score (nSPS) is 26.4. The van der Waals surface area contributed by atoms with E-state index >= 15 is 0 Å². The van der Waals surface area contributed by atoms with Gasteiger partial charge in [-0.25, -0.2) is 4.79 Å². The molecule has 21 heavy (non-hydrogen) atoms. The number of aliphatic imine (C=N–C) groups is 1. The molecule has 1 aliphatic heterocycles. The third-order valence-electron chi connectivity index (χ3n) is 2.93. The van der Waals surface area contributed by atoms with Crippen LogP contribution in [0.5, 0.6) is 0 Å². The van der Waals surface area contributed by atoms with E-state index in [-0.39, 0.29) is 11.5 Å². The van der Waals surface area contributed by atoms with E-state index in [0.29, 0.717) is 12.8 Å². The highest BCUT2D eigenvalue weighted by Crippen LogP contribution is 2.29. The molecule has 1 heterocycles. The molecule has 0 spiro atoms. The van der Waals surface area contributed by atoms with Gasteiger partial charge in [0.1, 0.15) is 11.3 Å². The Kier molecular flexibility index (Phi) is 6.19. The molecule has 0 saturated heterocycles. The Balaban J connectivity index is 3.15. The summed E-state index contributed by atoms with van der Waals surface area (Å²) in [6, 6.07) is 0. The molecular weight excluding hydrogens is 302 g/mol. The molecule has 0 amide bonds. The molecule has 4 atom stereocenters. The van der Waals surface area contributed by atoms with E-state index in [4.69, 9.17) is 15.3 Å². The first-order valence-corrected chi connectivity index (χ1v) is 7.46. The van der Waals surface area contributed by atoms with Crippen LogP contribution in [0.4, 0.5) is 0 Å². The predicted molar refractivity (Wildman–Crippen MR) is 74.2 cm³/mol. The summed E-state index contributed by atoms with van der Waals surface area (Å²) in [6.45, 7) is 1.12. The molecule has 9 heteroatoms. The van der Waals surface area contributed by atoms with Gasteiger partial charge in [-0.1, -0.05) is 6.08 Å². The van der Waals surface area contributed by atoms with E-state index in [9.17, 15) is 18.9 Å². The lowest BCUT2D eigenvalue weighted by Crippen LogP contribution is -2.36. The van der Waals surface area contributed by atoms with Crippen molar-refractivity contribution in [3.05, 3.63) is 11.0 Å². The summed E-state index contributed by atoms with van der Waals surface area (Å²) in [5.41, 5.74) is -0.455. The van der Waals surface area contributed by atoms with Gasteiger partial charge in [0.25, 0.3) is 0 Å². The lowest BCUT2D eigenvalue weighted by molar-refractivity contribution is -0.145. The fourth-order valence-corrected chi connectivity index (χ4v) is 3.59. The van der Waals surface area contributed by atoms with E-state index in [1.54, 1.807) is 0 Å². The largest absolute Gasteiger partial charge is 0.481 e. The third kappa shape index (κ3) is 3.96. The molecule has 0 aromatic heterocycles. The number of carbonyl (C=O) groups is 2. The van der Waals surface area contributed by atoms with Gasteiger partial charge in [0.2, 0.25) is 0 Å². The first-order chi connectivity index (χ1) is 9.81. The van der Waals surface area contributed by atoms with E-state index < -0.39 is 45.8 Å². The molecule has 118 valence electrons. The van der Waals surface area contributed by atoms with E-state index in [1.807, 2.05) is 0 Å². The molecule has 4 N–H and O–H groups in total. The second-order valence-electron chi connectivity index (χ2n) is 4.51. The summed E-state index contributed by atoms with van der Waals surface area (Å²) in [5, 5.41) is 35.0. The molecule has 1 unspecified atom stereocenters. The molecule has 8 nitrogen and oxygen atoms in total. The predicted octanol–water partition coefficient (Wildman–Crippen LogP) is -0.662. The van der Waals surface area contributed by atoms with Gasteiger partial charge in [0.15, 0.2) is 5.71 Å². The Morgan fingerprint density at radius 2 is 2.05 bits per heavy atom. The highest BCUT2D eigenvalue weighted by molar-refractivity contribution is 7.91. The van der Waals surface area contributed by atoms with Gasteiger partial charge in [-0.3, -0.25) is 14.0 Å². The van der Waals surface area contributed by atoms with E-state index in [2.05, 4.69) is 4.99 Å². The van der Waals surface area contributed by atoms with Crippen LogP contribution < -0.4 is 0 Å². The zero-order valence-electron chi connectivity index (χ0n) is 11.3. The van der Waals surface area contributed by atoms with Crippen molar-refractivity contribution in [3.63, 3.8) is 0 Å². The number of carboxylic acids is 2. The standard InChI is InChI=1S/C12H17NO7S/c1-6(15)8(11(16)17)10-13-9(12(18)19)7(21(10)20)4-2-3-5-14/h4,6,8,10,14-15H,2-3,5H2,1H3,(H,16,17)(H,18,19)/b7-4-/t6-,8-,10+,21?/m1/s1. The summed E-state index contributed by atoms with van der Waals surface area (Å²) in [4.78, 5) is 25.9. The number of aliphatic hydroxyl groups excluding tert-OH is 2. The number of nitrogens with zero attached hydrogens (tertiary/aromatic N) is 1. The lowest BCUT2D eigenvalue weighted by atomic mass is 10.0. The minimum Gasteiger partial charge on any atom is -0.481 e. The van der Waals surface area contributed by atoms with Crippen molar-refractivity contribution in [2.75, 3.05) is 6.61 Å². The van der Waals surface area contributed by atoms with E-state index in [1.165, 1.54) is 13.0 Å². The number of unbranched alkanes of at least 4 members (excludes halogenated alkanes) is 1. The average Bonchev–Trinajstić information content (AvgIpc) is 2.68. The Bertz CT molecular complexity index is 512. The molecule has 0 fully saturated rings. The lowest BCUT2D eigenvalue weighted by Gasteiger charge is -2.18. The quantitative estimate of drug-likeness (QED) is 0.456. The summed E-state index contributed by atoms with van der Waals surface area (Å²) < 4.78 is 12.3. The number of aliphatic carboxylic acids is 2. The number of hydrogen-bond donors (Lipinski definition) is 4. The molecule has 0 radical (unpaired) electrons. The minimum absolute atomic E-state index is 0.0622. The summed E-state index contributed by atoms with van der Waals surface area (Å²) in [5.74, 6) is -4.26. The Morgan fingerprint density at radius 3 is 2.48 bits per heavy atom. The zero-order chi connectivity index (χ0) is 16.2. The van der Waals surface area contributed by atoms with Crippen LogP contribution in [-0.2, 0) is 20.4 Å². The van der Waals surface area contributed by atoms with Crippen LogP contribution in [0.2, 0.25) is 0 Å². The molecule has 0 aromatic carbocycles. The van der Waals surface area contributed by atoms with Crippen molar-refractivity contribution in [2.24, 2.45) is 10.9 Å². The number of hydrogen-bond acceptors (Lipinski definition) is 6. The van der Waals surface area contributed by atoms with Crippen molar-refractivity contribution in [2.45, 2.75) is 31.2 Å². The fourth-order valence-electron chi connectivity index (χ4n) is 1.91. The van der Waals surface area contributed by atoms with Crippen molar-refractivity contribution in [1.82, 2.24) is 0 Å². The van der Waals surface area contributed by atoms with Gasteiger partial charge >= 0.3 is 11.9 Å². The van der Waals surface area contributed by atoms with Crippen LogP contribution in [0.15, 0.2) is 16.0 Å². The highest BCUT2D eigenvalue weighted by atomic mass is 32.2. The van der Waals surface area contributed by atoms with Crippen LogP contribution in [0.25, 0.3) is 0 Å². The van der Waals surface area contributed by atoms with Crippen LogP contribution >= 0.6 is 0 Å². The van der Waals surface area contributed by atoms with Crippen LogP contribution in [0.3, 0.4) is 0 Å². The molecule has 0 bridgehead atoms. The second kappa shape index (κ2) is 7.43. The fraction of sp³-hybridized carbons (Fsp3) is 0.583. The van der Waals surface area contributed by atoms with Gasteiger partial charge < -0.3 is 20.4 Å². The number of rotatable bonds is 7. The highest BCUT2D eigenvalue weighted by Gasteiger charge is 2.44. The van der Waals surface area contributed by atoms with Gasteiger partial charge in [-0.05, 0) is 19.8 Å². The number of carboxylic acid groups (broad SMARTS) is 2. The average molecular weight is 319 g/mol. The first kappa shape index (κ1) is 17.5. The minimum atomic E-state index is -1.97. The Morgan fingerprint density at radius 1 is 1.43 bits per heavy atom. The molecule has 0 aromatic rings. The molecule has 0 aliphatic carbocycles. The van der Waals surface area contributed by atoms with Crippen LogP contribution in [0.1, 0.15) is 19.8 Å². The van der Waals surface area contributed by atoms with Gasteiger partial charge in [0, 0.05) is 6.61 Å². The second-order valence-corrected chi connectivity index (χ2v) is 6.03. The van der Waals surface area contributed by atoms with Gasteiger partial charge in [0.05, 0.1) is 21.8 Å². The molecule has 1 rings (SSSR count). The maximum Gasteiger partial charge on any atom is 0.355 e. The summed E-state index contributed by atoms with van der Waals surface area (Å²) >= 11 is 0. The molecule has 1 aliphatic rings. The number of allylic oxidation sites excluding steroid dienone is 1. The first-order valence-electron chi connectivity index (χ1n) is 6.25. The number of aliphatic hydroxyl groups is 2. The maximum atomic E-state index is 12.3. The summed E-state index contributed by atoms with van der Waals surface area (Å²) in [6.07, 6.45) is 0.701. The third-order valence-corrected chi connectivity index (χ3v) is 4.56. The van der Waals surface area contributed by atoms with Gasteiger partial charge in [-0.15, -0.1) is 0 Å². The Hall–Kier alpha value is -1.58.